The van der Waals surface area contributed by atoms with E-state index in [0.29, 0.717) is 5.15 Å². The molecule has 1 aliphatic heterocycles. The average molecular weight is 303 g/mol. The van der Waals surface area contributed by atoms with Gasteiger partial charge in [-0.1, -0.05) is 11.6 Å². The third kappa shape index (κ3) is 2.39. The summed E-state index contributed by atoms with van der Waals surface area (Å²) in [5.41, 5.74) is 2.04. The molecule has 2 aromatic rings. The van der Waals surface area contributed by atoms with E-state index in [1.165, 1.54) is 25.8 Å². The molecule has 0 radical (unpaired) electrons. The summed E-state index contributed by atoms with van der Waals surface area (Å²) in [5.74, 6) is 1.72. The lowest BCUT2D eigenvalue weighted by molar-refractivity contribution is 0.205. The number of halogens is 1. The van der Waals surface area contributed by atoms with E-state index in [1.807, 2.05) is 12.1 Å². The van der Waals surface area contributed by atoms with Gasteiger partial charge in [0.05, 0.1) is 12.6 Å². The average Bonchev–Trinajstić information content (AvgIpc) is 3.10. The van der Waals surface area contributed by atoms with Crippen molar-refractivity contribution >= 4 is 22.5 Å². The van der Waals surface area contributed by atoms with Crippen molar-refractivity contribution in [3.63, 3.8) is 0 Å². The first-order valence-corrected chi connectivity index (χ1v) is 7.98. The molecule has 2 fully saturated rings. The molecule has 1 saturated carbocycles. The van der Waals surface area contributed by atoms with Crippen LogP contribution in [0.3, 0.4) is 0 Å². The molecule has 0 amide bonds. The first kappa shape index (κ1) is 13.4. The van der Waals surface area contributed by atoms with E-state index in [1.54, 1.807) is 7.11 Å². The van der Waals surface area contributed by atoms with E-state index < -0.39 is 0 Å². The number of benzene rings is 1. The van der Waals surface area contributed by atoms with Gasteiger partial charge in [-0.3, -0.25) is 4.90 Å². The lowest BCUT2D eigenvalue weighted by atomic mass is 10.1. The first-order chi connectivity index (χ1) is 10.2. The van der Waals surface area contributed by atoms with Crippen molar-refractivity contribution in [2.45, 2.75) is 31.8 Å². The molecular weight excluding hydrogens is 284 g/mol. The number of hydrogen-bond donors (Lipinski definition) is 0. The standard InChI is InChI=1S/C17H19ClN2O/c1-21-15-5-3-12-7-13(17(18)19-16(12)8-15)10-20-9-11-2-4-14(20)6-11/h3,5,7-8,11,14H,2,4,6,9-10H2,1H3. The molecule has 4 rings (SSSR count). The first-order valence-electron chi connectivity index (χ1n) is 7.60. The van der Waals surface area contributed by atoms with Crippen molar-refractivity contribution < 1.29 is 4.74 Å². The Balaban J connectivity index is 1.64. The number of piperidine rings is 1. The van der Waals surface area contributed by atoms with Crippen LogP contribution in [0.1, 0.15) is 24.8 Å². The molecule has 2 bridgehead atoms. The van der Waals surface area contributed by atoms with Gasteiger partial charge < -0.3 is 4.74 Å². The fraction of sp³-hybridized carbons (Fsp3) is 0.471. The molecule has 2 aliphatic rings. The second kappa shape index (κ2) is 5.15. The molecule has 1 aromatic heterocycles. The third-order valence-electron chi connectivity index (χ3n) is 4.95. The summed E-state index contributed by atoms with van der Waals surface area (Å²) >= 11 is 6.40. The van der Waals surface area contributed by atoms with Crippen molar-refractivity contribution in [1.82, 2.24) is 9.88 Å². The number of hydrogen-bond acceptors (Lipinski definition) is 3. The van der Waals surface area contributed by atoms with Crippen LogP contribution in [0, 0.1) is 5.92 Å². The lowest BCUT2D eigenvalue weighted by Gasteiger charge is -2.27. The molecular formula is C17H19ClN2O. The molecule has 2 atom stereocenters. The molecule has 110 valence electrons. The SMILES string of the molecule is COc1ccc2cc(CN3CC4CCC3C4)c(Cl)nc2c1. The second-order valence-corrected chi connectivity index (χ2v) is 6.62. The minimum Gasteiger partial charge on any atom is -0.497 e. The van der Waals surface area contributed by atoms with E-state index >= 15 is 0 Å². The smallest absolute Gasteiger partial charge is 0.134 e. The van der Waals surface area contributed by atoms with Gasteiger partial charge in [0, 0.05) is 36.1 Å². The van der Waals surface area contributed by atoms with Crippen LogP contribution in [0.25, 0.3) is 10.9 Å². The van der Waals surface area contributed by atoms with Gasteiger partial charge in [0.25, 0.3) is 0 Å². The van der Waals surface area contributed by atoms with Crippen LogP contribution in [0.4, 0.5) is 0 Å². The van der Waals surface area contributed by atoms with Crippen molar-refractivity contribution in [1.29, 1.82) is 0 Å². The molecule has 0 N–H and O–H groups in total. The number of methoxy groups -OCH3 is 1. The fourth-order valence-corrected chi connectivity index (χ4v) is 4.05. The van der Waals surface area contributed by atoms with Crippen molar-refractivity contribution in [2.24, 2.45) is 5.92 Å². The Morgan fingerprint density at radius 2 is 2.24 bits per heavy atom. The minimum atomic E-state index is 0.624. The Kier molecular flexibility index (Phi) is 3.27. The van der Waals surface area contributed by atoms with Crippen LogP contribution in [0.5, 0.6) is 5.75 Å². The van der Waals surface area contributed by atoms with Gasteiger partial charge in [-0.25, -0.2) is 4.98 Å². The summed E-state index contributed by atoms with van der Waals surface area (Å²) in [6.07, 6.45) is 4.13. The highest BCUT2D eigenvalue weighted by Gasteiger charge is 2.37. The molecule has 1 saturated heterocycles. The van der Waals surface area contributed by atoms with Gasteiger partial charge >= 0.3 is 0 Å². The summed E-state index contributed by atoms with van der Waals surface area (Å²) in [6, 6.07) is 8.90. The molecule has 4 heteroatoms. The lowest BCUT2D eigenvalue weighted by Crippen LogP contribution is -2.31. The number of nitrogens with zero attached hydrogens (tertiary/aromatic N) is 2. The molecule has 0 spiro atoms. The predicted octanol–water partition coefficient (Wildman–Crippen LogP) is 3.88. The summed E-state index contributed by atoms with van der Waals surface area (Å²) < 4.78 is 5.24. The molecule has 1 aliphatic carbocycles. The van der Waals surface area contributed by atoms with E-state index in [9.17, 15) is 0 Å². The molecule has 2 heterocycles. The third-order valence-corrected chi connectivity index (χ3v) is 5.27. The zero-order chi connectivity index (χ0) is 14.4. The quantitative estimate of drug-likeness (QED) is 0.805. The molecule has 21 heavy (non-hydrogen) atoms. The minimum absolute atomic E-state index is 0.624. The highest BCUT2D eigenvalue weighted by atomic mass is 35.5. The van der Waals surface area contributed by atoms with Crippen molar-refractivity contribution in [3.8, 4) is 5.75 Å². The summed E-state index contributed by atoms with van der Waals surface area (Å²) in [5, 5.41) is 1.75. The summed E-state index contributed by atoms with van der Waals surface area (Å²) in [4.78, 5) is 7.12. The monoisotopic (exact) mass is 302 g/mol. The predicted molar refractivity (Wildman–Crippen MR) is 84.8 cm³/mol. The van der Waals surface area contributed by atoms with Crippen molar-refractivity contribution in [2.75, 3.05) is 13.7 Å². The van der Waals surface area contributed by atoms with Gasteiger partial charge in [0.1, 0.15) is 10.9 Å². The van der Waals surface area contributed by atoms with Gasteiger partial charge in [0.15, 0.2) is 0 Å². The fourth-order valence-electron chi connectivity index (χ4n) is 3.84. The van der Waals surface area contributed by atoms with E-state index in [2.05, 4.69) is 22.0 Å². The number of aromatic nitrogens is 1. The molecule has 2 unspecified atom stereocenters. The summed E-state index contributed by atoms with van der Waals surface area (Å²) in [6.45, 7) is 2.15. The Labute approximate surface area is 129 Å². The van der Waals surface area contributed by atoms with Crippen LogP contribution in [0.15, 0.2) is 24.3 Å². The summed E-state index contributed by atoms with van der Waals surface area (Å²) in [7, 11) is 1.67. The van der Waals surface area contributed by atoms with Gasteiger partial charge in [-0.05, 0) is 43.4 Å². The maximum Gasteiger partial charge on any atom is 0.134 e. The Hall–Kier alpha value is -1.32. The number of pyridine rings is 1. The van der Waals surface area contributed by atoms with Gasteiger partial charge in [0.2, 0.25) is 0 Å². The molecule has 3 nitrogen and oxygen atoms in total. The Morgan fingerprint density at radius 3 is 2.95 bits per heavy atom. The Bertz CT molecular complexity index is 688. The number of fused-ring (bicyclic) bond motifs is 3. The van der Waals surface area contributed by atoms with E-state index in [0.717, 1.165) is 40.7 Å². The topological polar surface area (TPSA) is 25.4 Å². The van der Waals surface area contributed by atoms with E-state index in [4.69, 9.17) is 16.3 Å². The zero-order valence-corrected chi connectivity index (χ0v) is 12.9. The normalized spacial score (nSPS) is 24.9. The number of likely N-dealkylation sites (tertiary alicyclic amines) is 1. The number of ether oxygens (including phenoxy) is 1. The second-order valence-electron chi connectivity index (χ2n) is 6.26. The number of rotatable bonds is 3. The maximum atomic E-state index is 6.40. The highest BCUT2D eigenvalue weighted by molar-refractivity contribution is 6.30. The van der Waals surface area contributed by atoms with Gasteiger partial charge in [-0.15, -0.1) is 0 Å². The maximum absolute atomic E-state index is 6.40. The van der Waals surface area contributed by atoms with Crippen LogP contribution >= 0.6 is 11.6 Å². The van der Waals surface area contributed by atoms with Crippen LogP contribution in [-0.2, 0) is 6.54 Å². The van der Waals surface area contributed by atoms with Crippen LogP contribution in [-0.4, -0.2) is 29.6 Å². The Morgan fingerprint density at radius 1 is 1.33 bits per heavy atom. The van der Waals surface area contributed by atoms with Crippen LogP contribution < -0.4 is 4.74 Å². The zero-order valence-electron chi connectivity index (χ0n) is 12.2. The highest BCUT2D eigenvalue weighted by Crippen LogP contribution is 2.38. The van der Waals surface area contributed by atoms with Crippen LogP contribution in [0.2, 0.25) is 5.15 Å². The van der Waals surface area contributed by atoms with Gasteiger partial charge in [-0.2, -0.15) is 0 Å². The van der Waals surface area contributed by atoms with E-state index in [-0.39, 0.29) is 0 Å². The largest absolute Gasteiger partial charge is 0.497 e. The molecule has 1 aromatic carbocycles. The van der Waals surface area contributed by atoms with Crippen molar-refractivity contribution in [3.05, 3.63) is 35.0 Å².